The molecule has 0 atom stereocenters. The lowest BCUT2D eigenvalue weighted by atomic mass is 10.0. The van der Waals surface area contributed by atoms with E-state index >= 15 is 0 Å². The molecule has 0 radical (unpaired) electrons. The summed E-state index contributed by atoms with van der Waals surface area (Å²) in [4.78, 5) is 12.9. The number of nitrogens with zero attached hydrogens (tertiary/aromatic N) is 2. The summed E-state index contributed by atoms with van der Waals surface area (Å²) in [6.07, 6.45) is 4.54. The Kier molecular flexibility index (Phi) is 5.67. The zero-order valence-electron chi connectivity index (χ0n) is 15.8. The van der Waals surface area contributed by atoms with Crippen LogP contribution in [0.5, 0.6) is 0 Å². The van der Waals surface area contributed by atoms with Crippen LogP contribution in [0.15, 0.2) is 54.6 Å². The molecule has 0 aliphatic carbocycles. The van der Waals surface area contributed by atoms with Gasteiger partial charge in [-0.1, -0.05) is 62.2 Å². The molecule has 1 aromatic heterocycles. The van der Waals surface area contributed by atoms with Crippen LogP contribution < -0.4 is 0 Å². The molecular weight excluding hydrogens is 320 g/mol. The molecule has 3 heteroatoms. The first-order valence-corrected chi connectivity index (χ1v) is 9.37. The van der Waals surface area contributed by atoms with Crippen molar-refractivity contribution in [2.45, 2.75) is 46.5 Å². The van der Waals surface area contributed by atoms with Crippen molar-refractivity contribution in [2.24, 2.45) is 0 Å². The molecule has 26 heavy (non-hydrogen) atoms. The minimum absolute atomic E-state index is 0.0630. The zero-order valence-corrected chi connectivity index (χ0v) is 15.8. The van der Waals surface area contributed by atoms with Gasteiger partial charge in [-0.3, -0.25) is 4.79 Å². The van der Waals surface area contributed by atoms with Crippen LogP contribution in [0.25, 0.3) is 11.1 Å². The van der Waals surface area contributed by atoms with Gasteiger partial charge in [-0.25, -0.2) is 4.68 Å². The molecule has 0 aliphatic rings. The maximum Gasteiger partial charge on any atom is 0.278 e. The second-order valence-electron chi connectivity index (χ2n) is 6.77. The van der Waals surface area contributed by atoms with Gasteiger partial charge >= 0.3 is 0 Å². The maximum absolute atomic E-state index is 12.9. The molecule has 0 aliphatic heterocycles. The summed E-state index contributed by atoms with van der Waals surface area (Å²) < 4.78 is 1.56. The van der Waals surface area contributed by atoms with Crippen molar-refractivity contribution in [1.29, 1.82) is 0 Å². The number of hydrogen-bond acceptors (Lipinski definition) is 2. The van der Waals surface area contributed by atoms with Crippen LogP contribution in [-0.2, 0) is 6.42 Å². The van der Waals surface area contributed by atoms with Gasteiger partial charge in [0.05, 0.1) is 5.69 Å². The van der Waals surface area contributed by atoms with Gasteiger partial charge in [0.1, 0.15) is 0 Å². The fourth-order valence-corrected chi connectivity index (χ4v) is 3.34. The number of unbranched alkanes of at least 4 members (excludes halogenated alkanes) is 2. The average molecular weight is 346 g/mol. The normalized spacial score (nSPS) is 10.9. The van der Waals surface area contributed by atoms with Crippen molar-refractivity contribution in [1.82, 2.24) is 9.78 Å². The molecular formula is C23H26N2O. The summed E-state index contributed by atoms with van der Waals surface area (Å²) >= 11 is 0. The van der Waals surface area contributed by atoms with E-state index in [-0.39, 0.29) is 5.91 Å². The monoisotopic (exact) mass is 346 g/mol. The summed E-state index contributed by atoms with van der Waals surface area (Å²) in [5.74, 6) is -0.0630. The zero-order chi connectivity index (χ0) is 18.5. The Morgan fingerprint density at radius 2 is 1.58 bits per heavy atom. The van der Waals surface area contributed by atoms with E-state index < -0.39 is 0 Å². The predicted molar refractivity (Wildman–Crippen MR) is 107 cm³/mol. The van der Waals surface area contributed by atoms with E-state index in [2.05, 4.69) is 24.2 Å². The lowest BCUT2D eigenvalue weighted by Crippen LogP contribution is -2.15. The highest BCUT2D eigenvalue weighted by Gasteiger charge is 2.17. The standard InChI is InChI=1S/C23H26N2O/c1-4-5-7-12-22-17(2)24-25(18(22)3)23(26)21-15-13-20(14-16-21)19-10-8-6-9-11-19/h6,8-11,13-16H,4-5,7,12H2,1-3H3. The number of hydrogen-bond donors (Lipinski definition) is 0. The maximum atomic E-state index is 12.9. The topological polar surface area (TPSA) is 34.9 Å². The fraction of sp³-hybridized carbons (Fsp3) is 0.304. The number of carbonyl (C=O) groups excluding carboxylic acids is 1. The van der Waals surface area contributed by atoms with Gasteiger partial charge in [0.25, 0.3) is 5.91 Å². The second kappa shape index (κ2) is 8.13. The molecule has 0 saturated heterocycles. The summed E-state index contributed by atoms with van der Waals surface area (Å²) in [6.45, 7) is 6.19. The van der Waals surface area contributed by atoms with E-state index in [1.54, 1.807) is 4.68 Å². The van der Waals surface area contributed by atoms with E-state index in [9.17, 15) is 4.79 Å². The Morgan fingerprint density at radius 1 is 0.923 bits per heavy atom. The van der Waals surface area contributed by atoms with Gasteiger partial charge < -0.3 is 0 Å². The molecule has 0 saturated carbocycles. The van der Waals surface area contributed by atoms with Crippen LogP contribution >= 0.6 is 0 Å². The number of carbonyl (C=O) groups is 1. The second-order valence-corrected chi connectivity index (χ2v) is 6.77. The minimum Gasteiger partial charge on any atom is -0.267 e. The third-order valence-electron chi connectivity index (χ3n) is 4.90. The molecule has 3 nitrogen and oxygen atoms in total. The smallest absolute Gasteiger partial charge is 0.267 e. The molecule has 134 valence electrons. The van der Waals surface area contributed by atoms with Crippen molar-refractivity contribution in [3.8, 4) is 11.1 Å². The molecule has 0 fully saturated rings. The van der Waals surface area contributed by atoms with Gasteiger partial charge in [0.2, 0.25) is 0 Å². The molecule has 3 aromatic rings. The SMILES string of the molecule is CCCCCc1c(C)nn(C(=O)c2ccc(-c3ccccc3)cc2)c1C. The highest BCUT2D eigenvalue weighted by atomic mass is 16.2. The Hall–Kier alpha value is -2.68. The summed E-state index contributed by atoms with van der Waals surface area (Å²) in [7, 11) is 0. The summed E-state index contributed by atoms with van der Waals surface area (Å²) in [5, 5.41) is 4.51. The minimum atomic E-state index is -0.0630. The lowest BCUT2D eigenvalue weighted by Gasteiger charge is -2.06. The average Bonchev–Trinajstić information content (AvgIpc) is 2.96. The van der Waals surface area contributed by atoms with Gasteiger partial charge in [-0.2, -0.15) is 5.10 Å². The first-order valence-electron chi connectivity index (χ1n) is 9.37. The number of aryl methyl sites for hydroxylation is 1. The van der Waals surface area contributed by atoms with Crippen molar-refractivity contribution in [2.75, 3.05) is 0 Å². The van der Waals surface area contributed by atoms with Crippen LogP contribution in [0.1, 0.15) is 53.5 Å². The Bertz CT molecular complexity index is 877. The highest BCUT2D eigenvalue weighted by molar-refractivity contribution is 5.96. The predicted octanol–water partition coefficient (Wildman–Crippen LogP) is 5.59. The van der Waals surface area contributed by atoms with Gasteiger partial charge in [0.15, 0.2) is 0 Å². The first kappa shape index (κ1) is 18.1. The molecule has 0 amide bonds. The molecule has 0 unspecified atom stereocenters. The van der Waals surface area contributed by atoms with Crippen LogP contribution in [0.4, 0.5) is 0 Å². The lowest BCUT2D eigenvalue weighted by molar-refractivity contribution is 0.0942. The van der Waals surface area contributed by atoms with Crippen LogP contribution in [0.2, 0.25) is 0 Å². The van der Waals surface area contributed by atoms with Crippen LogP contribution in [0.3, 0.4) is 0 Å². The first-order chi connectivity index (χ1) is 12.6. The Balaban J connectivity index is 1.82. The molecule has 0 N–H and O–H groups in total. The van der Waals surface area contributed by atoms with E-state index in [1.165, 1.54) is 18.4 Å². The quantitative estimate of drug-likeness (QED) is 0.545. The fourth-order valence-electron chi connectivity index (χ4n) is 3.34. The van der Waals surface area contributed by atoms with E-state index in [1.807, 2.05) is 56.3 Å². The van der Waals surface area contributed by atoms with Crippen LogP contribution in [-0.4, -0.2) is 15.7 Å². The molecule has 3 rings (SSSR count). The van der Waals surface area contributed by atoms with Gasteiger partial charge in [0, 0.05) is 11.3 Å². The Labute approximate surface area is 155 Å². The van der Waals surface area contributed by atoms with E-state index in [4.69, 9.17) is 0 Å². The van der Waals surface area contributed by atoms with Gasteiger partial charge in [-0.15, -0.1) is 0 Å². The van der Waals surface area contributed by atoms with Crippen molar-refractivity contribution in [3.63, 3.8) is 0 Å². The van der Waals surface area contributed by atoms with Crippen molar-refractivity contribution >= 4 is 5.91 Å². The van der Waals surface area contributed by atoms with Crippen molar-refractivity contribution < 1.29 is 4.79 Å². The Morgan fingerprint density at radius 3 is 2.23 bits per heavy atom. The molecule has 0 bridgehead atoms. The number of rotatable bonds is 6. The highest BCUT2D eigenvalue weighted by Crippen LogP contribution is 2.21. The molecule has 1 heterocycles. The van der Waals surface area contributed by atoms with E-state index in [0.717, 1.165) is 35.4 Å². The molecule has 2 aromatic carbocycles. The summed E-state index contributed by atoms with van der Waals surface area (Å²) in [6, 6.07) is 17.9. The summed E-state index contributed by atoms with van der Waals surface area (Å²) in [5.41, 5.74) is 6.07. The molecule has 0 spiro atoms. The van der Waals surface area contributed by atoms with Gasteiger partial charge in [-0.05, 0) is 55.5 Å². The third-order valence-corrected chi connectivity index (χ3v) is 4.90. The largest absolute Gasteiger partial charge is 0.278 e. The van der Waals surface area contributed by atoms with Crippen LogP contribution in [0, 0.1) is 13.8 Å². The number of benzene rings is 2. The van der Waals surface area contributed by atoms with E-state index in [0.29, 0.717) is 5.56 Å². The number of aromatic nitrogens is 2. The van der Waals surface area contributed by atoms with Crippen molar-refractivity contribution in [3.05, 3.63) is 77.1 Å². The third kappa shape index (κ3) is 3.77.